The largest absolute Gasteiger partial charge is 0.297 e. The highest BCUT2D eigenvalue weighted by Gasteiger charge is 2.11. The van der Waals surface area contributed by atoms with E-state index in [2.05, 4.69) is 10.3 Å². The minimum atomic E-state index is 0.0352. The van der Waals surface area contributed by atoms with E-state index in [0.29, 0.717) is 6.54 Å². The lowest BCUT2D eigenvalue weighted by Gasteiger charge is -2.03. The number of hydrogen-bond acceptors (Lipinski definition) is 3. The van der Waals surface area contributed by atoms with Crippen LogP contribution < -0.4 is 0 Å². The standard InChI is InChI=1S/C11H13N3O/c1-8(2)11(15)7-14-10-6-4-3-5-9(10)12-13-14/h3-6,8H,7H2,1-2H3. The maximum Gasteiger partial charge on any atom is 0.156 e. The zero-order valence-electron chi connectivity index (χ0n) is 8.84. The maximum absolute atomic E-state index is 11.6. The van der Waals surface area contributed by atoms with Crippen molar-refractivity contribution in [2.45, 2.75) is 20.4 Å². The Bertz CT molecular complexity index is 487. The molecule has 0 amide bonds. The van der Waals surface area contributed by atoms with Crippen LogP contribution >= 0.6 is 0 Å². The first-order valence-electron chi connectivity index (χ1n) is 4.99. The molecule has 1 aromatic carbocycles. The predicted molar refractivity (Wildman–Crippen MR) is 57.4 cm³/mol. The Balaban J connectivity index is 2.33. The average Bonchev–Trinajstić information content (AvgIpc) is 2.62. The highest BCUT2D eigenvalue weighted by Crippen LogP contribution is 2.10. The lowest BCUT2D eigenvalue weighted by atomic mass is 10.1. The molecule has 0 bridgehead atoms. The van der Waals surface area contributed by atoms with E-state index in [-0.39, 0.29) is 11.7 Å². The Kier molecular flexibility index (Phi) is 2.49. The summed E-state index contributed by atoms with van der Waals surface area (Å²) < 4.78 is 1.65. The van der Waals surface area contributed by atoms with Gasteiger partial charge in [0.1, 0.15) is 12.1 Å². The molecule has 0 unspecified atom stereocenters. The summed E-state index contributed by atoms with van der Waals surface area (Å²) in [7, 11) is 0. The fourth-order valence-corrected chi connectivity index (χ4v) is 1.36. The van der Waals surface area contributed by atoms with Crippen molar-refractivity contribution < 1.29 is 4.79 Å². The molecule has 4 heteroatoms. The van der Waals surface area contributed by atoms with Gasteiger partial charge in [0.25, 0.3) is 0 Å². The number of hydrogen-bond donors (Lipinski definition) is 0. The summed E-state index contributed by atoms with van der Waals surface area (Å²) in [5, 5.41) is 7.96. The van der Waals surface area contributed by atoms with E-state index in [1.165, 1.54) is 0 Å². The molecule has 0 atom stereocenters. The van der Waals surface area contributed by atoms with Crippen molar-refractivity contribution in [1.29, 1.82) is 0 Å². The first-order valence-corrected chi connectivity index (χ1v) is 4.99. The van der Waals surface area contributed by atoms with Crippen LogP contribution in [-0.4, -0.2) is 20.8 Å². The molecule has 4 nitrogen and oxygen atoms in total. The Morgan fingerprint density at radius 3 is 2.87 bits per heavy atom. The minimum Gasteiger partial charge on any atom is -0.297 e. The van der Waals surface area contributed by atoms with Crippen LogP contribution in [0.3, 0.4) is 0 Å². The lowest BCUT2D eigenvalue weighted by Crippen LogP contribution is -2.16. The molecule has 1 heterocycles. The number of ketones is 1. The van der Waals surface area contributed by atoms with Gasteiger partial charge in [-0.05, 0) is 12.1 Å². The maximum atomic E-state index is 11.6. The zero-order valence-corrected chi connectivity index (χ0v) is 8.84. The summed E-state index contributed by atoms with van der Waals surface area (Å²) in [6, 6.07) is 7.63. The van der Waals surface area contributed by atoms with Gasteiger partial charge in [-0.15, -0.1) is 5.10 Å². The number of fused-ring (bicyclic) bond motifs is 1. The van der Waals surface area contributed by atoms with Gasteiger partial charge >= 0.3 is 0 Å². The number of rotatable bonds is 3. The topological polar surface area (TPSA) is 47.8 Å². The van der Waals surface area contributed by atoms with Gasteiger partial charge in [-0.3, -0.25) is 4.79 Å². The van der Waals surface area contributed by atoms with Crippen LogP contribution in [-0.2, 0) is 11.3 Å². The molecule has 0 spiro atoms. The molecule has 78 valence electrons. The molecule has 0 aliphatic rings. The molecule has 0 fully saturated rings. The first kappa shape index (κ1) is 9.83. The number of aromatic nitrogens is 3. The van der Waals surface area contributed by atoms with E-state index in [4.69, 9.17) is 0 Å². The summed E-state index contributed by atoms with van der Waals surface area (Å²) in [5.74, 6) is 0.207. The fourth-order valence-electron chi connectivity index (χ4n) is 1.36. The number of carbonyl (C=O) groups excluding carboxylic acids is 1. The highest BCUT2D eigenvalue weighted by atomic mass is 16.1. The second kappa shape index (κ2) is 3.81. The number of para-hydroxylation sites is 1. The summed E-state index contributed by atoms with van der Waals surface area (Å²) in [4.78, 5) is 11.6. The second-order valence-corrected chi connectivity index (χ2v) is 3.86. The lowest BCUT2D eigenvalue weighted by molar-refractivity contribution is -0.122. The second-order valence-electron chi connectivity index (χ2n) is 3.86. The van der Waals surface area contributed by atoms with E-state index in [1.807, 2.05) is 38.1 Å². The predicted octanol–water partition coefficient (Wildman–Crippen LogP) is 1.66. The van der Waals surface area contributed by atoms with Gasteiger partial charge in [0.2, 0.25) is 0 Å². The molecule has 0 N–H and O–H groups in total. The van der Waals surface area contributed by atoms with Crippen molar-refractivity contribution in [3.05, 3.63) is 24.3 Å². The Morgan fingerprint density at radius 2 is 2.13 bits per heavy atom. The van der Waals surface area contributed by atoms with Crippen molar-refractivity contribution in [3.63, 3.8) is 0 Å². The average molecular weight is 203 g/mol. The van der Waals surface area contributed by atoms with Crippen molar-refractivity contribution in [2.24, 2.45) is 5.92 Å². The van der Waals surface area contributed by atoms with Crippen molar-refractivity contribution in [3.8, 4) is 0 Å². The number of carbonyl (C=O) groups is 1. The minimum absolute atomic E-state index is 0.0352. The zero-order chi connectivity index (χ0) is 10.8. The van der Waals surface area contributed by atoms with Gasteiger partial charge in [0.05, 0.1) is 5.52 Å². The highest BCUT2D eigenvalue weighted by molar-refractivity contribution is 5.82. The summed E-state index contributed by atoms with van der Waals surface area (Å²) in [6.07, 6.45) is 0. The Hall–Kier alpha value is -1.71. The van der Waals surface area contributed by atoms with Crippen LogP contribution in [0.4, 0.5) is 0 Å². The molecule has 1 aromatic heterocycles. The third-order valence-electron chi connectivity index (χ3n) is 2.37. The Morgan fingerprint density at radius 1 is 1.40 bits per heavy atom. The van der Waals surface area contributed by atoms with Gasteiger partial charge in [-0.25, -0.2) is 4.68 Å². The fraction of sp³-hybridized carbons (Fsp3) is 0.364. The smallest absolute Gasteiger partial charge is 0.156 e. The van der Waals surface area contributed by atoms with E-state index in [9.17, 15) is 4.79 Å². The molecule has 0 saturated heterocycles. The normalized spacial score (nSPS) is 11.1. The van der Waals surface area contributed by atoms with Crippen molar-refractivity contribution >= 4 is 16.8 Å². The monoisotopic (exact) mass is 203 g/mol. The van der Waals surface area contributed by atoms with Crippen molar-refractivity contribution in [1.82, 2.24) is 15.0 Å². The van der Waals surface area contributed by atoms with Crippen LogP contribution in [0.1, 0.15) is 13.8 Å². The Labute approximate surface area is 87.9 Å². The van der Waals surface area contributed by atoms with E-state index in [0.717, 1.165) is 11.0 Å². The molecule has 15 heavy (non-hydrogen) atoms. The first-order chi connectivity index (χ1) is 7.18. The van der Waals surface area contributed by atoms with Gasteiger partial charge in [-0.1, -0.05) is 31.2 Å². The quantitative estimate of drug-likeness (QED) is 0.762. The van der Waals surface area contributed by atoms with Crippen LogP contribution in [0.25, 0.3) is 11.0 Å². The molecule has 0 saturated carbocycles. The molecule has 2 rings (SSSR count). The van der Waals surface area contributed by atoms with Gasteiger partial charge < -0.3 is 0 Å². The summed E-state index contributed by atoms with van der Waals surface area (Å²) in [5.41, 5.74) is 1.74. The van der Waals surface area contributed by atoms with Crippen LogP contribution in [0.15, 0.2) is 24.3 Å². The van der Waals surface area contributed by atoms with Crippen molar-refractivity contribution in [2.75, 3.05) is 0 Å². The molecular formula is C11H13N3O. The van der Waals surface area contributed by atoms with Crippen LogP contribution in [0.5, 0.6) is 0 Å². The van der Waals surface area contributed by atoms with E-state index >= 15 is 0 Å². The molecular weight excluding hydrogens is 190 g/mol. The van der Waals surface area contributed by atoms with Crippen LogP contribution in [0.2, 0.25) is 0 Å². The van der Waals surface area contributed by atoms with Gasteiger partial charge in [-0.2, -0.15) is 0 Å². The molecule has 0 aliphatic carbocycles. The van der Waals surface area contributed by atoms with E-state index < -0.39 is 0 Å². The van der Waals surface area contributed by atoms with Crippen LogP contribution in [0, 0.1) is 5.92 Å². The molecule has 2 aromatic rings. The number of benzene rings is 1. The summed E-state index contributed by atoms with van der Waals surface area (Å²) >= 11 is 0. The van der Waals surface area contributed by atoms with E-state index in [1.54, 1.807) is 4.68 Å². The third kappa shape index (κ3) is 1.88. The van der Waals surface area contributed by atoms with Gasteiger partial charge in [0.15, 0.2) is 5.78 Å². The number of Topliss-reactive ketones (excluding diaryl/α,β-unsaturated/α-hetero) is 1. The molecule has 0 radical (unpaired) electrons. The molecule has 0 aliphatic heterocycles. The SMILES string of the molecule is CC(C)C(=O)Cn1nnc2ccccc21. The third-order valence-corrected chi connectivity index (χ3v) is 2.37. The van der Waals surface area contributed by atoms with Gasteiger partial charge in [0, 0.05) is 5.92 Å². The summed E-state index contributed by atoms with van der Waals surface area (Å²) in [6.45, 7) is 4.08. The number of nitrogens with zero attached hydrogens (tertiary/aromatic N) is 3.